The van der Waals surface area contributed by atoms with Crippen LogP contribution in [0, 0.1) is 5.92 Å². The Morgan fingerprint density at radius 3 is 2.09 bits per heavy atom. The van der Waals surface area contributed by atoms with E-state index in [2.05, 4.69) is 12.2 Å². The van der Waals surface area contributed by atoms with Crippen molar-refractivity contribution >= 4 is 5.69 Å². The Balaban J connectivity index is 1.63. The molecule has 2 aliphatic heterocycles. The van der Waals surface area contributed by atoms with Crippen LogP contribution < -0.4 is 38.5 Å². The van der Waals surface area contributed by atoms with Gasteiger partial charge in [0.05, 0.1) is 34.1 Å². The van der Waals surface area contributed by atoms with Crippen molar-refractivity contribution in [3.05, 3.63) is 59.7 Å². The molecule has 3 aromatic carbocycles. The van der Waals surface area contributed by atoms with E-state index in [0.717, 1.165) is 28.3 Å². The highest BCUT2D eigenvalue weighted by molar-refractivity contribution is 5.61. The molecule has 0 bridgehead atoms. The third-order valence-corrected chi connectivity index (χ3v) is 6.55. The minimum atomic E-state index is -0.358. The van der Waals surface area contributed by atoms with E-state index in [1.165, 1.54) is 0 Å². The molecule has 184 valence electrons. The van der Waals surface area contributed by atoms with Crippen molar-refractivity contribution in [2.24, 2.45) is 5.92 Å². The SMILES string of the molecule is COc1ccccc1N[C@H]1Oc2cc3c(cc2[C@@H](c2cc(OC)c(OC)c(OC)c2)[C@@H]1C)OCO3. The average molecular weight is 480 g/mol. The summed E-state index contributed by atoms with van der Waals surface area (Å²) >= 11 is 0. The summed E-state index contributed by atoms with van der Waals surface area (Å²) in [5, 5.41) is 3.53. The Morgan fingerprint density at radius 2 is 1.43 bits per heavy atom. The summed E-state index contributed by atoms with van der Waals surface area (Å²) in [6.07, 6.45) is -0.358. The molecule has 0 aromatic heterocycles. The normalized spacial score (nSPS) is 19.9. The van der Waals surface area contributed by atoms with Gasteiger partial charge in [-0.1, -0.05) is 19.1 Å². The van der Waals surface area contributed by atoms with Gasteiger partial charge in [-0.15, -0.1) is 0 Å². The van der Waals surface area contributed by atoms with Crippen LogP contribution in [-0.2, 0) is 0 Å². The van der Waals surface area contributed by atoms with Gasteiger partial charge in [0.25, 0.3) is 0 Å². The van der Waals surface area contributed by atoms with E-state index in [9.17, 15) is 0 Å². The quantitative estimate of drug-likeness (QED) is 0.505. The number of fused-ring (bicyclic) bond motifs is 2. The zero-order valence-electron chi connectivity index (χ0n) is 20.4. The Kier molecular flexibility index (Phi) is 6.11. The Labute approximate surface area is 204 Å². The van der Waals surface area contributed by atoms with E-state index in [1.807, 2.05) is 48.5 Å². The Bertz CT molecular complexity index is 1200. The molecule has 0 amide bonds. The van der Waals surface area contributed by atoms with Crippen molar-refractivity contribution in [2.45, 2.75) is 19.1 Å². The van der Waals surface area contributed by atoms with Crippen LogP contribution in [0.2, 0.25) is 0 Å². The lowest BCUT2D eigenvalue weighted by atomic mass is 9.78. The largest absolute Gasteiger partial charge is 0.495 e. The van der Waals surface area contributed by atoms with Crippen LogP contribution in [0.3, 0.4) is 0 Å². The summed E-state index contributed by atoms with van der Waals surface area (Å²) in [5.41, 5.74) is 2.84. The fraction of sp³-hybridized carbons (Fsp3) is 0.333. The molecule has 2 aliphatic rings. The second-order valence-corrected chi connectivity index (χ2v) is 8.42. The van der Waals surface area contributed by atoms with Gasteiger partial charge in [-0.2, -0.15) is 0 Å². The monoisotopic (exact) mass is 479 g/mol. The number of ether oxygens (including phenoxy) is 7. The smallest absolute Gasteiger partial charge is 0.231 e. The molecule has 2 heterocycles. The van der Waals surface area contributed by atoms with Crippen molar-refractivity contribution < 1.29 is 33.2 Å². The first kappa shape index (κ1) is 22.8. The summed E-state index contributed by atoms with van der Waals surface area (Å²) in [6, 6.07) is 15.7. The second kappa shape index (κ2) is 9.37. The lowest BCUT2D eigenvalue weighted by Gasteiger charge is -2.39. The van der Waals surface area contributed by atoms with Crippen LogP contribution in [0.25, 0.3) is 0 Å². The first-order valence-electron chi connectivity index (χ1n) is 11.4. The van der Waals surface area contributed by atoms with Crippen LogP contribution in [0.15, 0.2) is 48.5 Å². The van der Waals surface area contributed by atoms with Gasteiger partial charge in [0, 0.05) is 23.5 Å². The second-order valence-electron chi connectivity index (χ2n) is 8.42. The standard InChI is InChI=1S/C27H29NO7/c1-15-25(16-10-23(30-3)26(32-5)24(11-16)31-4)17-12-21-22(34-14-33-21)13-20(17)35-27(15)28-18-8-6-7-9-19(18)29-2/h6-13,15,25,27-28H,14H2,1-5H3/t15-,25+,27-/m0/s1. The molecule has 0 saturated carbocycles. The van der Waals surface area contributed by atoms with Crippen LogP contribution in [-0.4, -0.2) is 41.5 Å². The van der Waals surface area contributed by atoms with E-state index in [1.54, 1.807) is 28.4 Å². The predicted molar refractivity (Wildman–Crippen MR) is 131 cm³/mol. The van der Waals surface area contributed by atoms with Crippen molar-refractivity contribution in [2.75, 3.05) is 40.5 Å². The molecule has 5 rings (SSSR count). The minimum absolute atomic E-state index is 0.00408. The number of benzene rings is 3. The number of hydrogen-bond acceptors (Lipinski definition) is 8. The molecule has 0 fully saturated rings. The van der Waals surface area contributed by atoms with Crippen LogP contribution in [0.1, 0.15) is 24.0 Å². The van der Waals surface area contributed by atoms with Gasteiger partial charge < -0.3 is 38.5 Å². The number of para-hydroxylation sites is 2. The number of anilines is 1. The molecule has 3 atom stereocenters. The third kappa shape index (κ3) is 3.99. The molecule has 0 aliphatic carbocycles. The summed E-state index contributed by atoms with van der Waals surface area (Å²) < 4.78 is 40.2. The highest BCUT2D eigenvalue weighted by Gasteiger charge is 2.39. The van der Waals surface area contributed by atoms with E-state index in [4.69, 9.17) is 33.2 Å². The molecule has 8 nitrogen and oxygen atoms in total. The lowest BCUT2D eigenvalue weighted by molar-refractivity contribution is 0.134. The van der Waals surface area contributed by atoms with Gasteiger partial charge in [-0.25, -0.2) is 0 Å². The van der Waals surface area contributed by atoms with Crippen LogP contribution in [0.5, 0.6) is 40.2 Å². The molecular weight excluding hydrogens is 450 g/mol. The summed E-state index contributed by atoms with van der Waals surface area (Å²) in [6.45, 7) is 2.33. The maximum Gasteiger partial charge on any atom is 0.231 e. The third-order valence-electron chi connectivity index (χ3n) is 6.55. The average Bonchev–Trinajstić information content (AvgIpc) is 3.34. The molecule has 0 radical (unpaired) electrons. The lowest BCUT2D eigenvalue weighted by Crippen LogP contribution is -2.40. The number of methoxy groups -OCH3 is 4. The fourth-order valence-electron chi connectivity index (χ4n) is 4.83. The predicted octanol–water partition coefficient (Wildman–Crippen LogP) is 5.05. The first-order chi connectivity index (χ1) is 17.1. The molecule has 3 aromatic rings. The zero-order chi connectivity index (χ0) is 24.5. The minimum Gasteiger partial charge on any atom is -0.495 e. The highest BCUT2D eigenvalue weighted by atomic mass is 16.7. The van der Waals surface area contributed by atoms with Gasteiger partial charge in [-0.3, -0.25) is 0 Å². The van der Waals surface area contributed by atoms with Gasteiger partial charge in [0.2, 0.25) is 12.5 Å². The summed E-state index contributed by atoms with van der Waals surface area (Å²) in [4.78, 5) is 0. The molecule has 35 heavy (non-hydrogen) atoms. The molecule has 0 saturated heterocycles. The van der Waals surface area contributed by atoms with E-state index in [-0.39, 0.29) is 24.9 Å². The summed E-state index contributed by atoms with van der Waals surface area (Å²) in [7, 11) is 6.49. The van der Waals surface area contributed by atoms with Gasteiger partial charge in [0.1, 0.15) is 11.5 Å². The van der Waals surface area contributed by atoms with E-state index in [0.29, 0.717) is 28.7 Å². The number of hydrogen-bond donors (Lipinski definition) is 1. The molecule has 1 N–H and O–H groups in total. The van der Waals surface area contributed by atoms with Crippen molar-refractivity contribution in [1.82, 2.24) is 0 Å². The van der Waals surface area contributed by atoms with Crippen LogP contribution >= 0.6 is 0 Å². The molecule has 0 spiro atoms. The van der Waals surface area contributed by atoms with Crippen molar-refractivity contribution in [3.63, 3.8) is 0 Å². The maximum absolute atomic E-state index is 6.49. The highest BCUT2D eigenvalue weighted by Crippen LogP contribution is 2.51. The van der Waals surface area contributed by atoms with Crippen molar-refractivity contribution in [3.8, 4) is 40.2 Å². The number of nitrogens with one attached hydrogen (secondary N) is 1. The van der Waals surface area contributed by atoms with Crippen molar-refractivity contribution in [1.29, 1.82) is 0 Å². The molecule has 8 heteroatoms. The first-order valence-corrected chi connectivity index (χ1v) is 11.4. The number of rotatable bonds is 7. The fourth-order valence-corrected chi connectivity index (χ4v) is 4.83. The van der Waals surface area contributed by atoms with Crippen LogP contribution in [0.4, 0.5) is 5.69 Å². The van der Waals surface area contributed by atoms with Gasteiger partial charge in [-0.05, 0) is 35.9 Å². The van der Waals surface area contributed by atoms with Gasteiger partial charge >= 0.3 is 0 Å². The van der Waals surface area contributed by atoms with E-state index >= 15 is 0 Å². The summed E-state index contributed by atoms with van der Waals surface area (Å²) in [5.74, 6) is 4.49. The Hall–Kier alpha value is -3.94. The maximum atomic E-state index is 6.49. The van der Waals surface area contributed by atoms with Gasteiger partial charge in [0.15, 0.2) is 29.2 Å². The molecule has 0 unspecified atom stereocenters. The Morgan fingerprint density at radius 1 is 0.771 bits per heavy atom. The molecular formula is C27H29NO7. The van der Waals surface area contributed by atoms with E-state index < -0.39 is 0 Å². The zero-order valence-corrected chi connectivity index (χ0v) is 20.4. The topological polar surface area (TPSA) is 76.6 Å².